The molecule has 3 heterocycles. The van der Waals surface area contributed by atoms with Crippen LogP contribution in [-0.2, 0) is 17.8 Å². The van der Waals surface area contributed by atoms with E-state index in [4.69, 9.17) is 0 Å². The van der Waals surface area contributed by atoms with Crippen molar-refractivity contribution in [2.24, 2.45) is 0 Å². The first-order valence-electron chi connectivity index (χ1n) is 6.43. The standard InChI is InChI=1S/C12H12N6O2S2/c19-11(13-10-4-6-20-15-10)8-22-12-14-16-17-18(12)5-3-9-2-1-7-21-9/h1-2,4,6-7H,3,5,8H2,(H,13,15,19). The molecule has 0 aliphatic heterocycles. The van der Waals surface area contributed by atoms with Crippen molar-refractivity contribution >= 4 is 34.8 Å². The molecule has 0 unspecified atom stereocenters. The summed E-state index contributed by atoms with van der Waals surface area (Å²) in [7, 11) is 0. The van der Waals surface area contributed by atoms with Crippen LogP contribution in [0, 0.1) is 0 Å². The molecule has 10 heteroatoms. The molecule has 0 atom stereocenters. The van der Waals surface area contributed by atoms with E-state index in [1.165, 1.54) is 22.9 Å². The van der Waals surface area contributed by atoms with E-state index >= 15 is 0 Å². The van der Waals surface area contributed by atoms with E-state index in [1.807, 2.05) is 11.4 Å². The molecule has 3 aromatic rings. The molecule has 0 bridgehead atoms. The van der Waals surface area contributed by atoms with Crippen molar-refractivity contribution in [2.45, 2.75) is 18.1 Å². The fourth-order valence-electron chi connectivity index (χ4n) is 1.70. The Labute approximate surface area is 133 Å². The Morgan fingerprint density at radius 3 is 3.18 bits per heavy atom. The molecule has 1 amide bonds. The molecule has 0 saturated carbocycles. The van der Waals surface area contributed by atoms with E-state index in [0.29, 0.717) is 17.5 Å². The number of aryl methyl sites for hydroxylation is 2. The topological polar surface area (TPSA) is 98.7 Å². The number of thiophene rings is 1. The van der Waals surface area contributed by atoms with Gasteiger partial charge in [0, 0.05) is 17.4 Å². The highest BCUT2D eigenvalue weighted by Crippen LogP contribution is 2.16. The van der Waals surface area contributed by atoms with Crippen molar-refractivity contribution in [1.29, 1.82) is 0 Å². The lowest BCUT2D eigenvalue weighted by Crippen LogP contribution is -2.15. The normalized spacial score (nSPS) is 10.7. The van der Waals surface area contributed by atoms with E-state index < -0.39 is 0 Å². The summed E-state index contributed by atoms with van der Waals surface area (Å²) < 4.78 is 6.35. The van der Waals surface area contributed by atoms with E-state index in [0.717, 1.165) is 6.42 Å². The monoisotopic (exact) mass is 336 g/mol. The predicted octanol–water partition coefficient (Wildman–Crippen LogP) is 1.70. The van der Waals surface area contributed by atoms with Gasteiger partial charge in [-0.05, 0) is 21.9 Å². The van der Waals surface area contributed by atoms with E-state index in [2.05, 4.69) is 36.6 Å². The Bertz CT molecular complexity index is 710. The molecule has 8 nitrogen and oxygen atoms in total. The van der Waals surface area contributed by atoms with Gasteiger partial charge in [-0.3, -0.25) is 4.79 Å². The van der Waals surface area contributed by atoms with Crippen LogP contribution in [0.25, 0.3) is 0 Å². The third kappa shape index (κ3) is 3.92. The van der Waals surface area contributed by atoms with Gasteiger partial charge in [-0.15, -0.1) is 16.4 Å². The number of carbonyl (C=O) groups is 1. The van der Waals surface area contributed by atoms with Crippen LogP contribution >= 0.6 is 23.1 Å². The molecule has 0 aliphatic carbocycles. The minimum absolute atomic E-state index is 0.188. The molecule has 0 fully saturated rings. The van der Waals surface area contributed by atoms with Crippen LogP contribution in [0.4, 0.5) is 5.82 Å². The van der Waals surface area contributed by atoms with Gasteiger partial charge < -0.3 is 9.84 Å². The van der Waals surface area contributed by atoms with Crippen LogP contribution in [0.1, 0.15) is 4.88 Å². The van der Waals surface area contributed by atoms with E-state index in [9.17, 15) is 4.79 Å². The number of tetrazole rings is 1. The molecule has 0 aliphatic rings. The van der Waals surface area contributed by atoms with Gasteiger partial charge in [-0.2, -0.15) is 0 Å². The zero-order chi connectivity index (χ0) is 15.2. The highest BCUT2D eigenvalue weighted by atomic mass is 32.2. The Morgan fingerprint density at radius 2 is 2.41 bits per heavy atom. The number of hydrogen-bond donors (Lipinski definition) is 1. The summed E-state index contributed by atoms with van der Waals surface area (Å²) in [6.45, 7) is 0.681. The zero-order valence-electron chi connectivity index (χ0n) is 11.4. The summed E-state index contributed by atoms with van der Waals surface area (Å²) in [5.41, 5.74) is 0. The smallest absolute Gasteiger partial charge is 0.236 e. The first-order chi connectivity index (χ1) is 10.8. The number of hydrogen-bond acceptors (Lipinski definition) is 8. The zero-order valence-corrected chi connectivity index (χ0v) is 13.0. The minimum Gasteiger partial charge on any atom is -0.363 e. The third-order valence-electron chi connectivity index (χ3n) is 2.69. The van der Waals surface area contributed by atoms with Crippen molar-refractivity contribution in [3.8, 4) is 0 Å². The van der Waals surface area contributed by atoms with Crippen LogP contribution in [-0.4, -0.2) is 37.0 Å². The van der Waals surface area contributed by atoms with Gasteiger partial charge in [0.2, 0.25) is 11.1 Å². The summed E-state index contributed by atoms with van der Waals surface area (Å²) in [6.07, 6.45) is 2.26. The highest BCUT2D eigenvalue weighted by Gasteiger charge is 2.11. The molecule has 0 spiro atoms. The lowest BCUT2D eigenvalue weighted by atomic mass is 10.3. The second-order valence-electron chi connectivity index (χ2n) is 4.24. The lowest BCUT2D eigenvalue weighted by molar-refractivity contribution is -0.113. The average molecular weight is 336 g/mol. The largest absolute Gasteiger partial charge is 0.363 e. The first-order valence-corrected chi connectivity index (χ1v) is 8.29. The van der Waals surface area contributed by atoms with Crippen LogP contribution in [0.2, 0.25) is 0 Å². The molecule has 1 N–H and O–H groups in total. The van der Waals surface area contributed by atoms with Crippen LogP contribution in [0.3, 0.4) is 0 Å². The lowest BCUT2D eigenvalue weighted by Gasteiger charge is -2.03. The highest BCUT2D eigenvalue weighted by molar-refractivity contribution is 7.99. The van der Waals surface area contributed by atoms with Gasteiger partial charge in [0.1, 0.15) is 6.26 Å². The fraction of sp³-hybridized carbons (Fsp3) is 0.250. The Morgan fingerprint density at radius 1 is 1.45 bits per heavy atom. The Balaban J connectivity index is 1.50. The third-order valence-corrected chi connectivity index (χ3v) is 4.58. The number of thioether (sulfide) groups is 1. The minimum atomic E-state index is -0.188. The van der Waals surface area contributed by atoms with Crippen molar-refractivity contribution in [3.05, 3.63) is 34.7 Å². The molecular formula is C12H12N6O2S2. The SMILES string of the molecule is O=C(CSc1nnnn1CCc1cccs1)Nc1ccon1. The summed E-state index contributed by atoms with van der Waals surface area (Å²) in [4.78, 5) is 13.0. The van der Waals surface area contributed by atoms with Gasteiger partial charge in [0.25, 0.3) is 0 Å². The van der Waals surface area contributed by atoms with E-state index in [1.54, 1.807) is 22.1 Å². The second kappa shape index (κ2) is 7.18. The molecule has 0 saturated heterocycles. The van der Waals surface area contributed by atoms with Crippen LogP contribution < -0.4 is 5.32 Å². The predicted molar refractivity (Wildman–Crippen MR) is 81.7 cm³/mol. The van der Waals surface area contributed by atoms with Crippen molar-refractivity contribution in [1.82, 2.24) is 25.4 Å². The number of aromatic nitrogens is 5. The van der Waals surface area contributed by atoms with Gasteiger partial charge in [0.15, 0.2) is 5.82 Å². The molecule has 114 valence electrons. The van der Waals surface area contributed by atoms with Gasteiger partial charge in [-0.1, -0.05) is 23.0 Å². The summed E-state index contributed by atoms with van der Waals surface area (Å²) in [6, 6.07) is 5.67. The summed E-state index contributed by atoms with van der Waals surface area (Å²) >= 11 is 2.98. The number of nitrogens with one attached hydrogen (secondary N) is 1. The Hall–Kier alpha value is -2.20. The number of amides is 1. The first kappa shape index (κ1) is 14.7. The van der Waals surface area contributed by atoms with Crippen LogP contribution in [0.15, 0.2) is 39.5 Å². The molecule has 0 aromatic carbocycles. The fourth-order valence-corrected chi connectivity index (χ4v) is 3.10. The Kier molecular flexibility index (Phi) is 4.81. The molecule has 22 heavy (non-hydrogen) atoms. The van der Waals surface area contributed by atoms with Crippen molar-refractivity contribution in [3.63, 3.8) is 0 Å². The van der Waals surface area contributed by atoms with Gasteiger partial charge in [0.05, 0.1) is 12.3 Å². The van der Waals surface area contributed by atoms with Crippen molar-refractivity contribution < 1.29 is 9.32 Å². The second-order valence-corrected chi connectivity index (χ2v) is 6.21. The average Bonchev–Trinajstić information content (AvgIpc) is 3.25. The summed E-state index contributed by atoms with van der Waals surface area (Å²) in [5, 5.41) is 20.4. The number of carbonyl (C=O) groups excluding carboxylic acids is 1. The number of anilines is 1. The molecule has 3 rings (SSSR count). The maximum Gasteiger partial charge on any atom is 0.236 e. The number of rotatable bonds is 7. The maximum atomic E-state index is 11.8. The van der Waals surface area contributed by atoms with Crippen molar-refractivity contribution in [2.75, 3.05) is 11.1 Å². The molecule has 0 radical (unpaired) electrons. The van der Waals surface area contributed by atoms with Gasteiger partial charge >= 0.3 is 0 Å². The number of nitrogens with zero attached hydrogens (tertiary/aromatic N) is 5. The molecule has 3 aromatic heterocycles. The van der Waals surface area contributed by atoms with E-state index in [-0.39, 0.29) is 11.7 Å². The van der Waals surface area contributed by atoms with Crippen LogP contribution in [0.5, 0.6) is 0 Å². The van der Waals surface area contributed by atoms with Gasteiger partial charge in [-0.25, -0.2) is 4.68 Å². The quantitative estimate of drug-likeness (QED) is 0.656. The maximum absolute atomic E-state index is 11.8. The molecular weight excluding hydrogens is 324 g/mol. The summed E-state index contributed by atoms with van der Waals surface area (Å²) in [5.74, 6) is 0.404.